The third kappa shape index (κ3) is 4.63. The fourth-order valence-electron chi connectivity index (χ4n) is 1.41. The Morgan fingerprint density at radius 2 is 2.18 bits per heavy atom. The van der Waals surface area contributed by atoms with Gasteiger partial charge in [0.2, 0.25) is 5.91 Å². The minimum Gasteiger partial charge on any atom is -0.496 e. The zero-order valence-electron chi connectivity index (χ0n) is 9.96. The summed E-state index contributed by atoms with van der Waals surface area (Å²) in [5.41, 5.74) is 0.773. The summed E-state index contributed by atoms with van der Waals surface area (Å²) in [6.45, 7) is 0.997. The lowest BCUT2D eigenvalue weighted by molar-refractivity contribution is -0.120. The minimum absolute atomic E-state index is 0.0809. The maximum Gasteiger partial charge on any atom is 0.224 e. The predicted molar refractivity (Wildman–Crippen MR) is 66.6 cm³/mol. The molecular formula is C12H16ClNO3. The molecule has 0 unspecified atom stereocenters. The van der Waals surface area contributed by atoms with Crippen LogP contribution in [0.3, 0.4) is 0 Å². The molecule has 5 heteroatoms. The van der Waals surface area contributed by atoms with Crippen molar-refractivity contribution in [3.8, 4) is 5.75 Å². The summed E-state index contributed by atoms with van der Waals surface area (Å²) in [7, 11) is 3.15. The number of benzene rings is 1. The Labute approximate surface area is 106 Å². The Kier molecular flexibility index (Phi) is 5.80. The molecule has 0 heterocycles. The average molecular weight is 258 g/mol. The lowest BCUT2D eigenvalue weighted by Crippen LogP contribution is -2.28. The fraction of sp³-hybridized carbons (Fsp3) is 0.417. The number of methoxy groups -OCH3 is 2. The number of hydrogen-bond acceptors (Lipinski definition) is 3. The van der Waals surface area contributed by atoms with Gasteiger partial charge in [-0.15, -0.1) is 0 Å². The molecular weight excluding hydrogens is 242 g/mol. The van der Waals surface area contributed by atoms with Crippen molar-refractivity contribution in [2.45, 2.75) is 6.42 Å². The molecule has 1 N–H and O–H groups in total. The van der Waals surface area contributed by atoms with Crippen molar-refractivity contribution in [2.24, 2.45) is 0 Å². The molecule has 0 aliphatic heterocycles. The van der Waals surface area contributed by atoms with E-state index in [1.54, 1.807) is 32.4 Å². The predicted octanol–water partition coefficient (Wildman–Crippen LogP) is 1.65. The smallest absolute Gasteiger partial charge is 0.224 e. The molecule has 0 aliphatic carbocycles. The van der Waals surface area contributed by atoms with Crippen molar-refractivity contribution < 1.29 is 14.3 Å². The van der Waals surface area contributed by atoms with E-state index < -0.39 is 0 Å². The first-order valence-corrected chi connectivity index (χ1v) is 5.63. The van der Waals surface area contributed by atoms with E-state index in [4.69, 9.17) is 21.1 Å². The number of ether oxygens (including phenoxy) is 2. The summed E-state index contributed by atoms with van der Waals surface area (Å²) >= 11 is 5.88. The van der Waals surface area contributed by atoms with Crippen LogP contribution < -0.4 is 10.1 Å². The summed E-state index contributed by atoms with van der Waals surface area (Å²) in [4.78, 5) is 11.6. The van der Waals surface area contributed by atoms with E-state index >= 15 is 0 Å². The molecule has 0 radical (unpaired) electrons. The minimum atomic E-state index is -0.0809. The highest BCUT2D eigenvalue weighted by Gasteiger charge is 2.08. The highest BCUT2D eigenvalue weighted by atomic mass is 35.5. The number of carbonyl (C=O) groups is 1. The van der Waals surface area contributed by atoms with Crippen LogP contribution in [0.4, 0.5) is 0 Å². The molecule has 0 spiro atoms. The number of nitrogens with one attached hydrogen (secondary N) is 1. The molecule has 1 amide bonds. The molecule has 1 aromatic carbocycles. The number of rotatable bonds is 6. The van der Waals surface area contributed by atoms with Crippen LogP contribution in [0.2, 0.25) is 5.02 Å². The van der Waals surface area contributed by atoms with Crippen molar-refractivity contribution in [1.82, 2.24) is 5.32 Å². The van der Waals surface area contributed by atoms with Gasteiger partial charge in [-0.25, -0.2) is 0 Å². The van der Waals surface area contributed by atoms with E-state index in [9.17, 15) is 4.79 Å². The first-order valence-electron chi connectivity index (χ1n) is 5.25. The van der Waals surface area contributed by atoms with Gasteiger partial charge in [0.15, 0.2) is 0 Å². The first-order chi connectivity index (χ1) is 8.17. The zero-order valence-corrected chi connectivity index (χ0v) is 10.7. The Hall–Kier alpha value is -1.26. The van der Waals surface area contributed by atoms with Gasteiger partial charge in [0.05, 0.1) is 20.1 Å². The normalized spacial score (nSPS) is 10.1. The van der Waals surface area contributed by atoms with Crippen molar-refractivity contribution in [3.63, 3.8) is 0 Å². The average Bonchev–Trinajstić information content (AvgIpc) is 2.29. The van der Waals surface area contributed by atoms with Gasteiger partial charge >= 0.3 is 0 Å². The van der Waals surface area contributed by atoms with Crippen LogP contribution in [0.1, 0.15) is 5.56 Å². The quantitative estimate of drug-likeness (QED) is 0.789. The second-order valence-electron chi connectivity index (χ2n) is 3.48. The SMILES string of the molecule is COCCNC(=O)Cc1cc(Cl)ccc1OC. The highest BCUT2D eigenvalue weighted by molar-refractivity contribution is 6.30. The Morgan fingerprint density at radius 1 is 1.41 bits per heavy atom. The van der Waals surface area contributed by atoms with E-state index in [0.717, 1.165) is 5.56 Å². The topological polar surface area (TPSA) is 47.6 Å². The van der Waals surface area contributed by atoms with E-state index in [2.05, 4.69) is 5.32 Å². The molecule has 94 valence electrons. The highest BCUT2D eigenvalue weighted by Crippen LogP contribution is 2.22. The second kappa shape index (κ2) is 7.14. The molecule has 1 aromatic rings. The number of halogens is 1. The van der Waals surface area contributed by atoms with Crippen LogP contribution in [0.15, 0.2) is 18.2 Å². The lowest BCUT2D eigenvalue weighted by atomic mass is 10.1. The van der Waals surface area contributed by atoms with Crippen LogP contribution in [-0.4, -0.2) is 33.3 Å². The van der Waals surface area contributed by atoms with E-state index in [-0.39, 0.29) is 12.3 Å². The molecule has 0 fully saturated rings. The maximum atomic E-state index is 11.6. The molecule has 0 aliphatic rings. The number of hydrogen-bond donors (Lipinski definition) is 1. The standard InChI is InChI=1S/C12H16ClNO3/c1-16-6-5-14-12(15)8-9-7-10(13)3-4-11(9)17-2/h3-4,7H,5-6,8H2,1-2H3,(H,14,15). The van der Waals surface area contributed by atoms with Gasteiger partial charge in [-0.2, -0.15) is 0 Å². The second-order valence-corrected chi connectivity index (χ2v) is 3.91. The van der Waals surface area contributed by atoms with Crippen molar-refractivity contribution in [3.05, 3.63) is 28.8 Å². The monoisotopic (exact) mass is 257 g/mol. The Bertz CT molecular complexity index is 382. The van der Waals surface area contributed by atoms with Crippen LogP contribution in [0, 0.1) is 0 Å². The third-order valence-electron chi connectivity index (χ3n) is 2.22. The summed E-state index contributed by atoms with van der Waals surface area (Å²) in [6, 6.07) is 5.21. The van der Waals surface area contributed by atoms with Gasteiger partial charge in [0, 0.05) is 24.2 Å². The molecule has 0 saturated heterocycles. The molecule has 1 rings (SSSR count). The van der Waals surface area contributed by atoms with E-state index in [1.165, 1.54) is 0 Å². The van der Waals surface area contributed by atoms with Gasteiger partial charge in [-0.1, -0.05) is 11.6 Å². The van der Waals surface area contributed by atoms with Gasteiger partial charge in [-0.3, -0.25) is 4.79 Å². The van der Waals surface area contributed by atoms with Crippen molar-refractivity contribution in [2.75, 3.05) is 27.4 Å². The lowest BCUT2D eigenvalue weighted by Gasteiger charge is -2.09. The molecule has 0 atom stereocenters. The maximum absolute atomic E-state index is 11.6. The molecule has 0 bridgehead atoms. The van der Waals surface area contributed by atoms with Crippen molar-refractivity contribution in [1.29, 1.82) is 0 Å². The molecule has 0 saturated carbocycles. The molecule has 0 aromatic heterocycles. The van der Waals surface area contributed by atoms with Gasteiger partial charge in [0.1, 0.15) is 5.75 Å². The van der Waals surface area contributed by atoms with Crippen LogP contribution in [-0.2, 0) is 16.0 Å². The van der Waals surface area contributed by atoms with E-state index in [0.29, 0.717) is 23.9 Å². The van der Waals surface area contributed by atoms with Crippen molar-refractivity contribution >= 4 is 17.5 Å². The van der Waals surface area contributed by atoms with E-state index in [1.807, 2.05) is 0 Å². The first kappa shape index (κ1) is 13.8. The summed E-state index contributed by atoms with van der Waals surface area (Å²) in [6.07, 6.45) is 0.243. The summed E-state index contributed by atoms with van der Waals surface area (Å²) in [5.74, 6) is 0.582. The summed E-state index contributed by atoms with van der Waals surface area (Å²) < 4.78 is 10.0. The van der Waals surface area contributed by atoms with Gasteiger partial charge < -0.3 is 14.8 Å². The number of carbonyl (C=O) groups excluding carboxylic acids is 1. The van der Waals surface area contributed by atoms with Crippen LogP contribution >= 0.6 is 11.6 Å². The van der Waals surface area contributed by atoms with Crippen LogP contribution in [0.5, 0.6) is 5.75 Å². The molecule has 4 nitrogen and oxygen atoms in total. The zero-order chi connectivity index (χ0) is 12.7. The Morgan fingerprint density at radius 3 is 2.82 bits per heavy atom. The summed E-state index contributed by atoms with van der Waals surface area (Å²) in [5, 5.41) is 3.33. The fourth-order valence-corrected chi connectivity index (χ4v) is 1.61. The Balaban J connectivity index is 2.60. The van der Waals surface area contributed by atoms with Gasteiger partial charge in [0.25, 0.3) is 0 Å². The van der Waals surface area contributed by atoms with Crippen LogP contribution in [0.25, 0.3) is 0 Å². The number of amides is 1. The molecule has 17 heavy (non-hydrogen) atoms. The van der Waals surface area contributed by atoms with Gasteiger partial charge in [-0.05, 0) is 18.2 Å². The largest absolute Gasteiger partial charge is 0.496 e. The third-order valence-corrected chi connectivity index (χ3v) is 2.46.